The Morgan fingerprint density at radius 1 is 1.15 bits per heavy atom. The number of carbonyl (C=O) groups is 2. The second-order valence-electron chi connectivity index (χ2n) is 5.82. The average molecular weight is 284 g/mol. The van der Waals surface area contributed by atoms with Crippen LogP contribution in [0.1, 0.15) is 32.1 Å². The van der Waals surface area contributed by atoms with Crippen molar-refractivity contribution in [2.75, 3.05) is 39.8 Å². The molecule has 2 rings (SSSR count). The number of amides is 1. The summed E-state index contributed by atoms with van der Waals surface area (Å²) in [7, 11) is 1.68. The molecule has 1 aliphatic heterocycles. The molecule has 0 spiro atoms. The van der Waals surface area contributed by atoms with Crippen molar-refractivity contribution in [2.24, 2.45) is 0 Å². The van der Waals surface area contributed by atoms with Crippen LogP contribution in [0.4, 0.5) is 0 Å². The van der Waals surface area contributed by atoms with Gasteiger partial charge in [-0.2, -0.15) is 0 Å². The number of methoxy groups -OCH3 is 1. The van der Waals surface area contributed by atoms with Crippen LogP contribution in [0.5, 0.6) is 0 Å². The third kappa shape index (κ3) is 3.70. The molecule has 0 aromatic rings. The third-order valence-electron chi connectivity index (χ3n) is 4.47. The van der Waals surface area contributed by atoms with E-state index < -0.39 is 5.97 Å². The van der Waals surface area contributed by atoms with Crippen molar-refractivity contribution in [2.45, 2.75) is 37.7 Å². The summed E-state index contributed by atoms with van der Waals surface area (Å²) in [6, 6.07) is 0. The number of carbonyl (C=O) groups excluding carboxylic acids is 1. The van der Waals surface area contributed by atoms with E-state index in [1.807, 2.05) is 9.80 Å². The number of rotatable bonds is 5. The van der Waals surface area contributed by atoms with Gasteiger partial charge in [0.2, 0.25) is 5.91 Å². The van der Waals surface area contributed by atoms with Crippen LogP contribution in [-0.2, 0) is 14.3 Å². The zero-order chi connectivity index (χ0) is 14.6. The van der Waals surface area contributed by atoms with Gasteiger partial charge in [0.05, 0.1) is 18.6 Å². The molecule has 1 saturated carbocycles. The average Bonchev–Trinajstić information content (AvgIpc) is 2.58. The van der Waals surface area contributed by atoms with Crippen LogP contribution < -0.4 is 0 Å². The molecule has 0 aromatic carbocycles. The van der Waals surface area contributed by atoms with Crippen molar-refractivity contribution >= 4 is 11.9 Å². The Balaban J connectivity index is 1.83. The fourth-order valence-electron chi connectivity index (χ4n) is 2.98. The van der Waals surface area contributed by atoms with E-state index in [4.69, 9.17) is 9.84 Å². The second-order valence-corrected chi connectivity index (χ2v) is 5.82. The molecule has 1 N–H and O–H groups in total. The van der Waals surface area contributed by atoms with E-state index in [1.165, 1.54) is 0 Å². The van der Waals surface area contributed by atoms with Crippen LogP contribution in [0.25, 0.3) is 0 Å². The van der Waals surface area contributed by atoms with Crippen molar-refractivity contribution in [3.05, 3.63) is 0 Å². The Labute approximate surface area is 119 Å². The number of carboxylic acids is 1. The summed E-state index contributed by atoms with van der Waals surface area (Å²) in [5, 5.41) is 8.82. The summed E-state index contributed by atoms with van der Waals surface area (Å²) in [6.45, 7) is 2.77. The minimum absolute atomic E-state index is 0.0596. The maximum atomic E-state index is 12.4. The van der Waals surface area contributed by atoms with Gasteiger partial charge in [-0.3, -0.25) is 14.5 Å². The van der Waals surface area contributed by atoms with Gasteiger partial charge in [-0.1, -0.05) is 0 Å². The Morgan fingerprint density at radius 3 is 2.45 bits per heavy atom. The van der Waals surface area contributed by atoms with Crippen LogP contribution in [0.15, 0.2) is 0 Å². The number of ether oxygens (including phenoxy) is 1. The third-order valence-corrected chi connectivity index (χ3v) is 4.47. The zero-order valence-corrected chi connectivity index (χ0v) is 12.1. The monoisotopic (exact) mass is 284 g/mol. The summed E-state index contributed by atoms with van der Waals surface area (Å²) >= 11 is 0. The minimum Gasteiger partial charge on any atom is -0.480 e. The van der Waals surface area contributed by atoms with E-state index >= 15 is 0 Å². The highest BCUT2D eigenvalue weighted by Gasteiger charge is 2.40. The zero-order valence-electron chi connectivity index (χ0n) is 12.1. The number of nitrogens with zero attached hydrogens (tertiary/aromatic N) is 2. The topological polar surface area (TPSA) is 70.1 Å². The normalized spacial score (nSPS) is 22.9. The number of hydrogen-bond donors (Lipinski definition) is 1. The molecular weight excluding hydrogens is 260 g/mol. The van der Waals surface area contributed by atoms with Gasteiger partial charge in [-0.25, -0.2) is 0 Å². The van der Waals surface area contributed by atoms with Gasteiger partial charge in [0, 0.05) is 33.3 Å². The molecule has 0 aromatic heterocycles. The van der Waals surface area contributed by atoms with Gasteiger partial charge >= 0.3 is 5.97 Å². The van der Waals surface area contributed by atoms with E-state index in [0.29, 0.717) is 19.5 Å². The molecule has 1 aliphatic carbocycles. The van der Waals surface area contributed by atoms with Crippen molar-refractivity contribution in [3.8, 4) is 0 Å². The molecule has 114 valence electrons. The van der Waals surface area contributed by atoms with Gasteiger partial charge < -0.3 is 14.7 Å². The largest absolute Gasteiger partial charge is 0.480 e. The molecular formula is C14H24N2O4. The lowest BCUT2D eigenvalue weighted by Crippen LogP contribution is -2.46. The van der Waals surface area contributed by atoms with E-state index in [-0.39, 0.29) is 18.1 Å². The van der Waals surface area contributed by atoms with Crippen LogP contribution in [0.2, 0.25) is 0 Å². The number of carboxylic acid groups (broad SMARTS) is 1. The molecule has 20 heavy (non-hydrogen) atoms. The molecule has 0 atom stereocenters. The maximum absolute atomic E-state index is 12.4. The highest BCUT2D eigenvalue weighted by atomic mass is 16.5. The summed E-state index contributed by atoms with van der Waals surface area (Å²) in [5.41, 5.74) is -0.232. The number of hydrogen-bond acceptors (Lipinski definition) is 4. The summed E-state index contributed by atoms with van der Waals surface area (Å²) in [5.74, 6) is -0.665. The highest BCUT2D eigenvalue weighted by Crippen LogP contribution is 2.38. The first-order chi connectivity index (χ1) is 9.54. The van der Waals surface area contributed by atoms with E-state index in [1.54, 1.807) is 7.11 Å². The maximum Gasteiger partial charge on any atom is 0.317 e. The van der Waals surface area contributed by atoms with Gasteiger partial charge in [0.25, 0.3) is 0 Å². The van der Waals surface area contributed by atoms with Crippen molar-refractivity contribution in [1.29, 1.82) is 0 Å². The molecule has 1 heterocycles. The molecule has 6 nitrogen and oxygen atoms in total. The van der Waals surface area contributed by atoms with E-state index in [2.05, 4.69) is 0 Å². The Morgan fingerprint density at radius 2 is 1.90 bits per heavy atom. The standard InChI is InChI=1S/C14H24N2O4/c1-20-14(4-2-5-14)10-12(17)16-7-3-6-15(8-9-16)11-13(18)19/h2-11H2,1H3,(H,18,19). The molecule has 2 aliphatic rings. The Bertz CT molecular complexity index is 363. The lowest BCUT2D eigenvalue weighted by atomic mass is 9.77. The lowest BCUT2D eigenvalue weighted by molar-refractivity contribution is -0.144. The molecule has 1 saturated heterocycles. The SMILES string of the molecule is COC1(CC(=O)N2CCCN(CC(=O)O)CC2)CCC1. The minimum atomic E-state index is -0.808. The molecule has 0 unspecified atom stereocenters. The molecule has 0 bridgehead atoms. The smallest absolute Gasteiger partial charge is 0.317 e. The van der Waals surface area contributed by atoms with Gasteiger partial charge in [0.1, 0.15) is 0 Å². The number of aliphatic carboxylic acids is 1. The molecule has 0 radical (unpaired) electrons. The predicted molar refractivity (Wildman–Crippen MR) is 73.5 cm³/mol. The van der Waals surface area contributed by atoms with Gasteiger partial charge in [0.15, 0.2) is 0 Å². The quantitative estimate of drug-likeness (QED) is 0.799. The van der Waals surface area contributed by atoms with Gasteiger partial charge in [-0.15, -0.1) is 0 Å². The van der Waals surface area contributed by atoms with E-state index in [0.717, 1.165) is 38.8 Å². The molecule has 6 heteroatoms. The first-order valence-corrected chi connectivity index (χ1v) is 7.32. The summed E-state index contributed by atoms with van der Waals surface area (Å²) < 4.78 is 5.50. The van der Waals surface area contributed by atoms with Crippen LogP contribution in [0.3, 0.4) is 0 Å². The first kappa shape index (κ1) is 15.3. The van der Waals surface area contributed by atoms with E-state index in [9.17, 15) is 9.59 Å². The lowest BCUT2D eigenvalue weighted by Gasteiger charge is -2.41. The Kier molecular flexibility index (Phi) is 4.99. The predicted octanol–water partition coefficient (Wildman–Crippen LogP) is 0.565. The van der Waals surface area contributed by atoms with Crippen LogP contribution >= 0.6 is 0 Å². The Hall–Kier alpha value is -1.14. The van der Waals surface area contributed by atoms with Crippen LogP contribution in [0, 0.1) is 0 Å². The highest BCUT2D eigenvalue weighted by molar-refractivity contribution is 5.77. The van der Waals surface area contributed by atoms with Crippen molar-refractivity contribution in [3.63, 3.8) is 0 Å². The fourth-order valence-corrected chi connectivity index (χ4v) is 2.98. The fraction of sp³-hybridized carbons (Fsp3) is 0.857. The molecule has 1 amide bonds. The summed E-state index contributed by atoms with van der Waals surface area (Å²) in [6.07, 6.45) is 4.36. The first-order valence-electron chi connectivity index (χ1n) is 7.32. The second kappa shape index (κ2) is 6.54. The van der Waals surface area contributed by atoms with Crippen molar-refractivity contribution < 1.29 is 19.4 Å². The van der Waals surface area contributed by atoms with Crippen molar-refractivity contribution in [1.82, 2.24) is 9.80 Å². The van der Waals surface area contributed by atoms with Gasteiger partial charge in [-0.05, 0) is 25.7 Å². The molecule has 2 fully saturated rings. The summed E-state index contributed by atoms with van der Waals surface area (Å²) in [4.78, 5) is 26.8. The van der Waals surface area contributed by atoms with Crippen LogP contribution in [-0.4, -0.2) is 72.2 Å².